The molecule has 0 aromatic heterocycles. The molecule has 0 unspecified atom stereocenters. The van der Waals surface area contributed by atoms with Crippen molar-refractivity contribution in [3.05, 3.63) is 29.5 Å². The van der Waals surface area contributed by atoms with E-state index < -0.39 is 18.2 Å². The third-order valence-electron chi connectivity index (χ3n) is 2.46. The molecule has 2 aliphatic rings. The maximum atomic E-state index is 12.8. The SMILES string of the molecule is O=C1NC(=O)/C(=C/c2ccc3c(c2)OC(F)(F)O3)N1. The van der Waals surface area contributed by atoms with Crippen LogP contribution in [0.1, 0.15) is 5.56 Å². The first-order valence-electron chi connectivity index (χ1n) is 5.17. The van der Waals surface area contributed by atoms with Crippen LogP contribution in [0.4, 0.5) is 13.6 Å². The zero-order valence-corrected chi connectivity index (χ0v) is 9.20. The minimum Gasteiger partial charge on any atom is -0.395 e. The summed E-state index contributed by atoms with van der Waals surface area (Å²) in [5, 5.41) is 4.30. The van der Waals surface area contributed by atoms with Crippen molar-refractivity contribution in [1.29, 1.82) is 0 Å². The van der Waals surface area contributed by atoms with Gasteiger partial charge in [-0.15, -0.1) is 8.78 Å². The monoisotopic (exact) mass is 268 g/mol. The maximum absolute atomic E-state index is 12.8. The lowest BCUT2D eigenvalue weighted by molar-refractivity contribution is -0.286. The van der Waals surface area contributed by atoms with Crippen molar-refractivity contribution >= 4 is 18.0 Å². The number of alkyl halides is 2. The summed E-state index contributed by atoms with van der Waals surface area (Å²) in [5.74, 6) is -0.816. The largest absolute Gasteiger partial charge is 0.586 e. The lowest BCUT2D eigenvalue weighted by Gasteiger charge is -2.04. The van der Waals surface area contributed by atoms with E-state index in [0.717, 1.165) is 0 Å². The van der Waals surface area contributed by atoms with Gasteiger partial charge in [-0.25, -0.2) is 4.79 Å². The van der Waals surface area contributed by atoms with Gasteiger partial charge < -0.3 is 14.8 Å². The van der Waals surface area contributed by atoms with Gasteiger partial charge in [0.05, 0.1) is 0 Å². The van der Waals surface area contributed by atoms with Gasteiger partial charge >= 0.3 is 12.3 Å². The summed E-state index contributed by atoms with van der Waals surface area (Å²) in [6.45, 7) is 0. The lowest BCUT2D eigenvalue weighted by Crippen LogP contribution is -2.25. The predicted octanol–water partition coefficient (Wildman–Crippen LogP) is 1.19. The summed E-state index contributed by atoms with van der Waals surface area (Å²) < 4.78 is 34.1. The van der Waals surface area contributed by atoms with Crippen LogP contribution in [0, 0.1) is 0 Å². The second-order valence-corrected chi connectivity index (χ2v) is 3.84. The van der Waals surface area contributed by atoms with Crippen molar-refractivity contribution in [3.63, 3.8) is 0 Å². The summed E-state index contributed by atoms with van der Waals surface area (Å²) in [5.41, 5.74) is 0.433. The number of imide groups is 1. The molecule has 19 heavy (non-hydrogen) atoms. The van der Waals surface area contributed by atoms with Crippen LogP contribution in [0.15, 0.2) is 23.9 Å². The molecule has 8 heteroatoms. The predicted molar refractivity (Wildman–Crippen MR) is 57.3 cm³/mol. The molecule has 1 saturated heterocycles. The second-order valence-electron chi connectivity index (χ2n) is 3.84. The Morgan fingerprint density at radius 1 is 1.11 bits per heavy atom. The summed E-state index contributed by atoms with van der Waals surface area (Å²) in [6, 6.07) is 3.38. The number of benzene rings is 1. The quantitative estimate of drug-likeness (QED) is 0.592. The van der Waals surface area contributed by atoms with E-state index in [2.05, 4.69) is 14.8 Å². The minimum absolute atomic E-state index is 0.0237. The molecular weight excluding hydrogens is 262 g/mol. The number of halogens is 2. The topological polar surface area (TPSA) is 76.7 Å². The van der Waals surface area contributed by atoms with Crippen LogP contribution >= 0.6 is 0 Å². The molecule has 2 heterocycles. The molecule has 1 fully saturated rings. The van der Waals surface area contributed by atoms with E-state index in [1.165, 1.54) is 24.3 Å². The number of amides is 3. The van der Waals surface area contributed by atoms with E-state index in [1.54, 1.807) is 0 Å². The molecule has 2 N–H and O–H groups in total. The second kappa shape index (κ2) is 3.67. The fourth-order valence-electron chi connectivity index (χ4n) is 1.70. The first-order chi connectivity index (χ1) is 8.93. The molecule has 0 radical (unpaired) electrons. The normalized spacial score (nSPS) is 21.5. The van der Waals surface area contributed by atoms with Crippen LogP contribution in [0.25, 0.3) is 6.08 Å². The summed E-state index contributed by atoms with van der Waals surface area (Å²) in [7, 11) is 0. The molecule has 3 rings (SSSR count). The molecule has 1 aromatic rings. The Labute approximate surface area is 105 Å². The molecule has 0 atom stereocenters. The number of urea groups is 1. The van der Waals surface area contributed by atoms with E-state index in [4.69, 9.17) is 0 Å². The lowest BCUT2D eigenvalue weighted by atomic mass is 10.1. The molecule has 1 aromatic carbocycles. The first kappa shape index (κ1) is 11.5. The third kappa shape index (κ3) is 2.07. The van der Waals surface area contributed by atoms with Gasteiger partial charge in [0.25, 0.3) is 5.91 Å². The van der Waals surface area contributed by atoms with Crippen molar-refractivity contribution < 1.29 is 27.8 Å². The number of nitrogens with one attached hydrogen (secondary N) is 2. The van der Waals surface area contributed by atoms with Gasteiger partial charge in [0.1, 0.15) is 5.70 Å². The van der Waals surface area contributed by atoms with Crippen molar-refractivity contribution in [2.24, 2.45) is 0 Å². The van der Waals surface area contributed by atoms with Gasteiger partial charge in [0, 0.05) is 0 Å². The minimum atomic E-state index is -3.69. The molecule has 0 saturated carbocycles. The molecule has 0 aliphatic carbocycles. The number of hydrogen-bond donors (Lipinski definition) is 2. The number of hydrogen-bond acceptors (Lipinski definition) is 4. The summed E-state index contributed by atoms with van der Waals surface area (Å²) in [4.78, 5) is 22.2. The van der Waals surface area contributed by atoms with Crippen molar-refractivity contribution in [2.75, 3.05) is 0 Å². The fraction of sp³-hybridized carbons (Fsp3) is 0.0909. The summed E-state index contributed by atoms with van der Waals surface area (Å²) >= 11 is 0. The molecule has 2 aliphatic heterocycles. The van der Waals surface area contributed by atoms with Crippen molar-refractivity contribution in [1.82, 2.24) is 10.6 Å². The van der Waals surface area contributed by atoms with Crippen LogP contribution in [0.2, 0.25) is 0 Å². The van der Waals surface area contributed by atoms with E-state index >= 15 is 0 Å². The van der Waals surface area contributed by atoms with E-state index in [1.807, 2.05) is 5.32 Å². The van der Waals surface area contributed by atoms with Gasteiger partial charge in [0.15, 0.2) is 11.5 Å². The molecule has 3 amide bonds. The Kier molecular flexibility index (Phi) is 2.21. The summed E-state index contributed by atoms with van der Waals surface area (Å²) in [6.07, 6.45) is -2.35. The number of carbonyl (C=O) groups excluding carboxylic acids is 2. The highest BCUT2D eigenvalue weighted by molar-refractivity contribution is 6.13. The smallest absolute Gasteiger partial charge is 0.395 e. The van der Waals surface area contributed by atoms with Gasteiger partial charge in [-0.1, -0.05) is 6.07 Å². The van der Waals surface area contributed by atoms with Crippen LogP contribution in [0.3, 0.4) is 0 Å². The van der Waals surface area contributed by atoms with Crippen LogP contribution in [-0.2, 0) is 4.79 Å². The van der Waals surface area contributed by atoms with E-state index in [0.29, 0.717) is 5.56 Å². The maximum Gasteiger partial charge on any atom is 0.586 e. The molecule has 0 spiro atoms. The Bertz CT molecular complexity index is 627. The molecule has 0 bridgehead atoms. The standard InChI is InChI=1S/C11H6F2N2O4/c12-11(13)18-7-2-1-5(4-8(7)19-11)3-6-9(16)15-10(17)14-6/h1-4H,(H2,14,15,16,17)/b6-3-. The fourth-order valence-corrected chi connectivity index (χ4v) is 1.70. The van der Waals surface area contributed by atoms with Gasteiger partial charge in [0.2, 0.25) is 0 Å². The zero-order valence-electron chi connectivity index (χ0n) is 9.20. The van der Waals surface area contributed by atoms with Crippen LogP contribution < -0.4 is 20.1 Å². The Morgan fingerprint density at radius 2 is 1.84 bits per heavy atom. The number of rotatable bonds is 1. The third-order valence-corrected chi connectivity index (χ3v) is 2.46. The van der Waals surface area contributed by atoms with Crippen molar-refractivity contribution in [2.45, 2.75) is 6.29 Å². The average Bonchev–Trinajstić information content (AvgIpc) is 2.76. The van der Waals surface area contributed by atoms with Crippen LogP contribution in [0.5, 0.6) is 11.5 Å². The number of carbonyl (C=O) groups is 2. The highest BCUT2D eigenvalue weighted by Gasteiger charge is 2.43. The molecular formula is C11H6F2N2O4. The molecule has 98 valence electrons. The van der Waals surface area contributed by atoms with E-state index in [9.17, 15) is 18.4 Å². The Balaban J connectivity index is 1.91. The van der Waals surface area contributed by atoms with Gasteiger partial charge in [-0.05, 0) is 23.8 Å². The number of ether oxygens (including phenoxy) is 2. The Hall–Kier alpha value is -2.64. The van der Waals surface area contributed by atoms with E-state index in [-0.39, 0.29) is 17.2 Å². The van der Waals surface area contributed by atoms with Crippen LogP contribution in [-0.4, -0.2) is 18.2 Å². The highest BCUT2D eigenvalue weighted by atomic mass is 19.3. The number of fused-ring (bicyclic) bond motifs is 1. The average molecular weight is 268 g/mol. The highest BCUT2D eigenvalue weighted by Crippen LogP contribution is 2.41. The van der Waals surface area contributed by atoms with Gasteiger partial charge in [-0.3, -0.25) is 10.1 Å². The Morgan fingerprint density at radius 3 is 2.53 bits per heavy atom. The molecule has 6 nitrogen and oxygen atoms in total. The van der Waals surface area contributed by atoms with Crippen molar-refractivity contribution in [3.8, 4) is 11.5 Å². The zero-order chi connectivity index (χ0) is 13.6. The first-order valence-corrected chi connectivity index (χ1v) is 5.17. The van der Waals surface area contributed by atoms with Gasteiger partial charge in [-0.2, -0.15) is 0 Å².